The first-order chi connectivity index (χ1) is 7.58. The first-order valence-corrected chi connectivity index (χ1v) is 5.62. The summed E-state index contributed by atoms with van der Waals surface area (Å²) in [5.74, 6) is -0.261. The van der Waals surface area contributed by atoms with Crippen molar-refractivity contribution in [1.29, 1.82) is 0 Å². The predicted octanol–water partition coefficient (Wildman–Crippen LogP) is 2.54. The lowest BCUT2D eigenvalue weighted by Crippen LogP contribution is -2.15. The zero-order valence-electron chi connectivity index (χ0n) is 9.82. The zero-order valence-corrected chi connectivity index (χ0v) is 9.82. The Kier molecular flexibility index (Phi) is 5.43. The SMILES string of the molecule is CC(C)OCCC(O)Cc1cccc(F)c1. The molecule has 0 bridgehead atoms. The van der Waals surface area contributed by atoms with E-state index in [0.29, 0.717) is 19.4 Å². The summed E-state index contributed by atoms with van der Waals surface area (Å²) in [4.78, 5) is 0. The second kappa shape index (κ2) is 6.61. The van der Waals surface area contributed by atoms with E-state index in [1.807, 2.05) is 19.9 Å². The number of aliphatic hydroxyl groups is 1. The van der Waals surface area contributed by atoms with Crippen molar-refractivity contribution in [3.8, 4) is 0 Å². The molecule has 2 nitrogen and oxygen atoms in total. The van der Waals surface area contributed by atoms with Crippen LogP contribution >= 0.6 is 0 Å². The summed E-state index contributed by atoms with van der Waals surface area (Å²) in [5, 5.41) is 9.70. The lowest BCUT2D eigenvalue weighted by Gasteiger charge is -2.12. The van der Waals surface area contributed by atoms with Crippen molar-refractivity contribution in [1.82, 2.24) is 0 Å². The van der Waals surface area contributed by atoms with Gasteiger partial charge in [-0.3, -0.25) is 0 Å². The molecule has 0 saturated carbocycles. The largest absolute Gasteiger partial charge is 0.393 e. The Labute approximate surface area is 96.1 Å². The smallest absolute Gasteiger partial charge is 0.123 e. The van der Waals surface area contributed by atoms with Crippen LogP contribution in [0.2, 0.25) is 0 Å². The lowest BCUT2D eigenvalue weighted by molar-refractivity contribution is 0.0470. The Bertz CT molecular complexity index is 313. The Morgan fingerprint density at radius 2 is 2.12 bits per heavy atom. The third-order valence-electron chi connectivity index (χ3n) is 2.26. The number of halogens is 1. The van der Waals surface area contributed by atoms with Crippen molar-refractivity contribution >= 4 is 0 Å². The topological polar surface area (TPSA) is 29.5 Å². The molecule has 0 aliphatic heterocycles. The van der Waals surface area contributed by atoms with Crippen LogP contribution < -0.4 is 0 Å². The van der Waals surface area contributed by atoms with Crippen molar-refractivity contribution in [2.45, 2.75) is 38.9 Å². The molecule has 0 spiro atoms. The Morgan fingerprint density at radius 3 is 2.75 bits per heavy atom. The van der Waals surface area contributed by atoms with Crippen molar-refractivity contribution in [2.24, 2.45) is 0 Å². The molecular weight excluding hydrogens is 207 g/mol. The van der Waals surface area contributed by atoms with Gasteiger partial charge in [0, 0.05) is 6.61 Å². The van der Waals surface area contributed by atoms with E-state index in [4.69, 9.17) is 4.74 Å². The Balaban J connectivity index is 2.31. The molecule has 16 heavy (non-hydrogen) atoms. The Morgan fingerprint density at radius 1 is 1.38 bits per heavy atom. The minimum Gasteiger partial charge on any atom is -0.393 e. The van der Waals surface area contributed by atoms with Gasteiger partial charge < -0.3 is 9.84 Å². The maximum absolute atomic E-state index is 12.9. The number of hydrogen-bond acceptors (Lipinski definition) is 2. The molecule has 1 N–H and O–H groups in total. The molecule has 1 rings (SSSR count). The number of rotatable bonds is 6. The summed E-state index contributed by atoms with van der Waals surface area (Å²) < 4.78 is 18.2. The quantitative estimate of drug-likeness (QED) is 0.807. The highest BCUT2D eigenvalue weighted by molar-refractivity contribution is 5.16. The summed E-state index contributed by atoms with van der Waals surface area (Å²) in [5.41, 5.74) is 0.817. The normalized spacial score (nSPS) is 13.1. The molecule has 0 aromatic heterocycles. The average Bonchev–Trinajstić information content (AvgIpc) is 2.16. The van der Waals surface area contributed by atoms with Gasteiger partial charge in [0.15, 0.2) is 0 Å². The van der Waals surface area contributed by atoms with E-state index in [9.17, 15) is 9.50 Å². The molecule has 1 aromatic carbocycles. The monoisotopic (exact) mass is 226 g/mol. The van der Waals surface area contributed by atoms with Crippen LogP contribution in [0, 0.1) is 5.82 Å². The molecule has 0 saturated heterocycles. The van der Waals surface area contributed by atoms with Crippen molar-refractivity contribution in [2.75, 3.05) is 6.61 Å². The Hall–Kier alpha value is -0.930. The number of benzene rings is 1. The summed E-state index contributed by atoms with van der Waals surface area (Å²) in [6.07, 6.45) is 0.760. The van der Waals surface area contributed by atoms with Gasteiger partial charge in [0.05, 0.1) is 12.2 Å². The maximum Gasteiger partial charge on any atom is 0.123 e. The molecular formula is C13H19FO2. The summed E-state index contributed by atoms with van der Waals surface area (Å²) in [6, 6.07) is 6.32. The molecule has 0 amide bonds. The standard InChI is InChI=1S/C13H19FO2/c1-10(2)16-7-6-13(15)9-11-4-3-5-12(14)8-11/h3-5,8,10,13,15H,6-7,9H2,1-2H3. The van der Waals surface area contributed by atoms with Gasteiger partial charge in [0.25, 0.3) is 0 Å². The second-order valence-electron chi connectivity index (χ2n) is 4.20. The number of hydrogen-bond donors (Lipinski definition) is 1. The van der Waals surface area contributed by atoms with Crippen LogP contribution in [0.5, 0.6) is 0 Å². The fourth-order valence-electron chi connectivity index (χ4n) is 1.48. The molecule has 90 valence electrons. The van der Waals surface area contributed by atoms with Gasteiger partial charge in [0.2, 0.25) is 0 Å². The molecule has 0 aliphatic carbocycles. The van der Waals surface area contributed by atoms with Gasteiger partial charge in [0.1, 0.15) is 5.82 Å². The van der Waals surface area contributed by atoms with Crippen LogP contribution in [0.3, 0.4) is 0 Å². The van der Waals surface area contributed by atoms with E-state index in [-0.39, 0.29) is 11.9 Å². The average molecular weight is 226 g/mol. The van der Waals surface area contributed by atoms with Crippen LogP contribution in [0.1, 0.15) is 25.8 Å². The van der Waals surface area contributed by atoms with Crippen LogP contribution in [-0.2, 0) is 11.2 Å². The van der Waals surface area contributed by atoms with Gasteiger partial charge in [-0.15, -0.1) is 0 Å². The molecule has 1 unspecified atom stereocenters. The molecule has 0 heterocycles. The highest BCUT2D eigenvalue weighted by atomic mass is 19.1. The lowest BCUT2D eigenvalue weighted by atomic mass is 10.1. The van der Waals surface area contributed by atoms with Crippen molar-refractivity contribution < 1.29 is 14.2 Å². The maximum atomic E-state index is 12.9. The minimum absolute atomic E-state index is 0.182. The fourth-order valence-corrected chi connectivity index (χ4v) is 1.48. The van der Waals surface area contributed by atoms with Crippen LogP contribution in [-0.4, -0.2) is 23.9 Å². The van der Waals surface area contributed by atoms with Gasteiger partial charge in [-0.25, -0.2) is 4.39 Å². The van der Waals surface area contributed by atoms with Crippen LogP contribution in [0.4, 0.5) is 4.39 Å². The number of aliphatic hydroxyl groups excluding tert-OH is 1. The van der Waals surface area contributed by atoms with E-state index < -0.39 is 6.10 Å². The summed E-state index contributed by atoms with van der Waals surface area (Å²) in [7, 11) is 0. The highest BCUT2D eigenvalue weighted by Gasteiger charge is 2.06. The second-order valence-corrected chi connectivity index (χ2v) is 4.20. The van der Waals surface area contributed by atoms with Crippen LogP contribution in [0.25, 0.3) is 0 Å². The summed E-state index contributed by atoms with van der Waals surface area (Å²) >= 11 is 0. The first kappa shape index (κ1) is 13.1. The van der Waals surface area contributed by atoms with E-state index in [0.717, 1.165) is 5.56 Å². The number of ether oxygens (including phenoxy) is 1. The van der Waals surface area contributed by atoms with E-state index >= 15 is 0 Å². The third-order valence-corrected chi connectivity index (χ3v) is 2.26. The van der Waals surface area contributed by atoms with E-state index in [2.05, 4.69) is 0 Å². The zero-order chi connectivity index (χ0) is 12.0. The van der Waals surface area contributed by atoms with E-state index in [1.165, 1.54) is 12.1 Å². The van der Waals surface area contributed by atoms with Crippen LogP contribution in [0.15, 0.2) is 24.3 Å². The molecule has 0 aliphatic rings. The van der Waals surface area contributed by atoms with Gasteiger partial charge in [-0.2, -0.15) is 0 Å². The predicted molar refractivity (Wildman–Crippen MR) is 61.8 cm³/mol. The van der Waals surface area contributed by atoms with Gasteiger partial charge >= 0.3 is 0 Å². The molecule has 0 radical (unpaired) electrons. The molecule has 0 fully saturated rings. The molecule has 1 atom stereocenters. The first-order valence-electron chi connectivity index (χ1n) is 5.62. The fraction of sp³-hybridized carbons (Fsp3) is 0.538. The minimum atomic E-state index is -0.472. The molecule has 3 heteroatoms. The van der Waals surface area contributed by atoms with E-state index in [1.54, 1.807) is 6.07 Å². The van der Waals surface area contributed by atoms with Crippen molar-refractivity contribution in [3.63, 3.8) is 0 Å². The van der Waals surface area contributed by atoms with Crippen molar-refractivity contribution in [3.05, 3.63) is 35.6 Å². The highest BCUT2D eigenvalue weighted by Crippen LogP contribution is 2.08. The van der Waals surface area contributed by atoms with Gasteiger partial charge in [-0.05, 0) is 44.4 Å². The van der Waals surface area contributed by atoms with Gasteiger partial charge in [-0.1, -0.05) is 12.1 Å². The molecule has 1 aromatic rings. The summed E-state index contributed by atoms with van der Waals surface area (Å²) in [6.45, 7) is 4.45. The third kappa shape index (κ3) is 5.24.